The molecule has 0 saturated carbocycles. The van der Waals surface area contributed by atoms with Crippen LogP contribution in [0.2, 0.25) is 5.15 Å². The molecular weight excluding hydrogens is 330 g/mol. The van der Waals surface area contributed by atoms with Crippen molar-refractivity contribution in [3.8, 4) is 0 Å². The van der Waals surface area contributed by atoms with Gasteiger partial charge in [-0.3, -0.25) is 4.79 Å². The minimum Gasteiger partial charge on any atom is -0.357 e. The van der Waals surface area contributed by atoms with E-state index in [1.807, 2.05) is 11.0 Å². The second-order valence-electron chi connectivity index (χ2n) is 5.42. The third-order valence-corrected chi connectivity index (χ3v) is 4.06. The highest BCUT2D eigenvalue weighted by atomic mass is 35.5. The van der Waals surface area contributed by atoms with Gasteiger partial charge in [0.25, 0.3) is 0 Å². The molecule has 1 aliphatic rings. The molecule has 2 aromatic heterocycles. The van der Waals surface area contributed by atoms with E-state index >= 15 is 0 Å². The van der Waals surface area contributed by atoms with Gasteiger partial charge in [0.05, 0.1) is 6.42 Å². The number of halogens is 1. The first kappa shape index (κ1) is 16.4. The molecular formula is C15H18ClN7O. The quantitative estimate of drug-likeness (QED) is 0.877. The van der Waals surface area contributed by atoms with Gasteiger partial charge in [-0.15, -0.1) is 10.2 Å². The van der Waals surface area contributed by atoms with Crippen LogP contribution >= 0.6 is 11.6 Å². The van der Waals surface area contributed by atoms with E-state index in [2.05, 4.69) is 30.4 Å². The zero-order valence-electron chi connectivity index (χ0n) is 13.3. The van der Waals surface area contributed by atoms with Crippen molar-refractivity contribution in [2.75, 3.05) is 43.4 Å². The molecule has 2 aromatic rings. The van der Waals surface area contributed by atoms with E-state index < -0.39 is 0 Å². The fraction of sp³-hybridized carbons (Fsp3) is 0.400. The molecule has 0 bridgehead atoms. The fourth-order valence-electron chi connectivity index (χ4n) is 2.52. The zero-order chi connectivity index (χ0) is 16.9. The van der Waals surface area contributed by atoms with Crippen LogP contribution in [0.3, 0.4) is 0 Å². The molecule has 1 saturated heterocycles. The van der Waals surface area contributed by atoms with E-state index in [9.17, 15) is 4.79 Å². The molecule has 1 aliphatic heterocycles. The van der Waals surface area contributed by atoms with E-state index in [-0.39, 0.29) is 5.91 Å². The van der Waals surface area contributed by atoms with Crippen LogP contribution in [0.1, 0.15) is 5.56 Å². The Morgan fingerprint density at radius 2 is 1.88 bits per heavy atom. The first-order chi connectivity index (χ1) is 11.7. The van der Waals surface area contributed by atoms with Crippen LogP contribution in [0.4, 0.5) is 11.8 Å². The van der Waals surface area contributed by atoms with Crippen LogP contribution in [-0.2, 0) is 11.2 Å². The molecule has 126 valence electrons. The summed E-state index contributed by atoms with van der Waals surface area (Å²) in [5.74, 6) is 1.41. The van der Waals surface area contributed by atoms with Crippen LogP contribution in [0.15, 0.2) is 24.5 Å². The number of piperazine rings is 1. The molecule has 3 rings (SSSR count). The fourth-order valence-corrected chi connectivity index (χ4v) is 2.62. The number of amides is 1. The smallest absolute Gasteiger partial charge is 0.227 e. The predicted octanol–water partition coefficient (Wildman–Crippen LogP) is 0.853. The average molecular weight is 348 g/mol. The van der Waals surface area contributed by atoms with Crippen LogP contribution < -0.4 is 10.2 Å². The van der Waals surface area contributed by atoms with E-state index in [1.165, 1.54) is 0 Å². The Balaban J connectivity index is 1.53. The number of aromatic nitrogens is 4. The molecule has 1 amide bonds. The summed E-state index contributed by atoms with van der Waals surface area (Å²) in [5.41, 5.74) is 0.810. The Kier molecular flexibility index (Phi) is 5.05. The minimum absolute atomic E-state index is 0.0812. The van der Waals surface area contributed by atoms with Gasteiger partial charge in [-0.05, 0) is 17.7 Å². The molecule has 0 aromatic carbocycles. The highest BCUT2D eigenvalue weighted by molar-refractivity contribution is 6.29. The number of nitrogens with zero attached hydrogens (tertiary/aromatic N) is 6. The van der Waals surface area contributed by atoms with Crippen molar-refractivity contribution in [3.63, 3.8) is 0 Å². The Morgan fingerprint density at radius 1 is 1.17 bits per heavy atom. The summed E-state index contributed by atoms with van der Waals surface area (Å²) in [6.45, 7) is 2.74. The van der Waals surface area contributed by atoms with Gasteiger partial charge in [0, 0.05) is 45.6 Å². The molecule has 0 spiro atoms. The van der Waals surface area contributed by atoms with E-state index in [0.717, 1.165) is 24.5 Å². The lowest BCUT2D eigenvalue weighted by Gasteiger charge is -2.35. The lowest BCUT2D eigenvalue weighted by molar-refractivity contribution is -0.130. The number of anilines is 2. The molecule has 1 fully saturated rings. The summed E-state index contributed by atoms with van der Waals surface area (Å²) in [5, 5.41) is 11.2. The molecule has 0 radical (unpaired) electrons. The SMILES string of the molecule is CNc1ncc(CC(=O)N2CCN(c3ccc(Cl)nn3)CC2)cn1. The number of rotatable bonds is 4. The van der Waals surface area contributed by atoms with Crippen molar-refractivity contribution in [3.05, 3.63) is 35.2 Å². The average Bonchev–Trinajstić information content (AvgIpc) is 2.63. The number of carbonyl (C=O) groups is 1. The maximum Gasteiger partial charge on any atom is 0.227 e. The van der Waals surface area contributed by atoms with Crippen LogP contribution in [0.25, 0.3) is 0 Å². The summed E-state index contributed by atoms with van der Waals surface area (Å²) >= 11 is 5.75. The number of carbonyl (C=O) groups excluding carboxylic acids is 1. The summed E-state index contributed by atoms with van der Waals surface area (Å²) < 4.78 is 0. The third kappa shape index (κ3) is 3.88. The van der Waals surface area contributed by atoms with Crippen LogP contribution in [-0.4, -0.2) is 64.2 Å². The minimum atomic E-state index is 0.0812. The molecule has 9 heteroatoms. The van der Waals surface area contributed by atoms with Gasteiger partial charge in [0.2, 0.25) is 11.9 Å². The summed E-state index contributed by atoms with van der Waals surface area (Å²) in [6, 6.07) is 3.56. The number of nitrogens with one attached hydrogen (secondary N) is 1. The lowest BCUT2D eigenvalue weighted by atomic mass is 10.2. The molecule has 24 heavy (non-hydrogen) atoms. The summed E-state index contributed by atoms with van der Waals surface area (Å²) in [7, 11) is 1.75. The van der Waals surface area contributed by atoms with Gasteiger partial charge in [0.15, 0.2) is 11.0 Å². The Bertz CT molecular complexity index is 684. The van der Waals surface area contributed by atoms with E-state index in [4.69, 9.17) is 11.6 Å². The molecule has 3 heterocycles. The highest BCUT2D eigenvalue weighted by Gasteiger charge is 2.22. The second-order valence-corrected chi connectivity index (χ2v) is 5.81. The summed E-state index contributed by atoms with van der Waals surface area (Å²) in [6.07, 6.45) is 3.66. The van der Waals surface area contributed by atoms with Crippen molar-refractivity contribution in [1.29, 1.82) is 0 Å². The van der Waals surface area contributed by atoms with Gasteiger partial charge in [-0.25, -0.2) is 9.97 Å². The van der Waals surface area contributed by atoms with Gasteiger partial charge < -0.3 is 15.1 Å². The lowest BCUT2D eigenvalue weighted by Crippen LogP contribution is -2.49. The molecule has 8 nitrogen and oxygen atoms in total. The Morgan fingerprint density at radius 3 is 2.46 bits per heavy atom. The zero-order valence-corrected chi connectivity index (χ0v) is 14.1. The predicted molar refractivity (Wildman–Crippen MR) is 91.1 cm³/mol. The van der Waals surface area contributed by atoms with Crippen molar-refractivity contribution in [1.82, 2.24) is 25.1 Å². The van der Waals surface area contributed by atoms with Crippen LogP contribution in [0, 0.1) is 0 Å². The Labute approximate surface area is 144 Å². The summed E-state index contributed by atoms with van der Waals surface area (Å²) in [4.78, 5) is 24.6. The van der Waals surface area contributed by atoms with E-state index in [0.29, 0.717) is 30.6 Å². The third-order valence-electron chi connectivity index (χ3n) is 3.86. The second kappa shape index (κ2) is 7.39. The Hall–Kier alpha value is -2.48. The topological polar surface area (TPSA) is 87.1 Å². The van der Waals surface area contributed by atoms with Crippen LogP contribution in [0.5, 0.6) is 0 Å². The first-order valence-electron chi connectivity index (χ1n) is 7.66. The van der Waals surface area contributed by atoms with Crippen molar-refractivity contribution < 1.29 is 4.79 Å². The van der Waals surface area contributed by atoms with Gasteiger partial charge in [0.1, 0.15) is 0 Å². The molecule has 0 unspecified atom stereocenters. The van der Waals surface area contributed by atoms with Gasteiger partial charge in [-0.2, -0.15) is 0 Å². The maximum absolute atomic E-state index is 12.4. The molecule has 1 N–H and O–H groups in total. The van der Waals surface area contributed by atoms with Gasteiger partial charge >= 0.3 is 0 Å². The number of hydrogen-bond acceptors (Lipinski definition) is 7. The molecule has 0 atom stereocenters. The molecule has 0 aliphatic carbocycles. The highest BCUT2D eigenvalue weighted by Crippen LogP contribution is 2.15. The van der Waals surface area contributed by atoms with E-state index in [1.54, 1.807) is 25.5 Å². The maximum atomic E-state index is 12.4. The largest absolute Gasteiger partial charge is 0.357 e. The number of hydrogen-bond donors (Lipinski definition) is 1. The van der Waals surface area contributed by atoms with Gasteiger partial charge in [-0.1, -0.05) is 11.6 Å². The first-order valence-corrected chi connectivity index (χ1v) is 8.04. The normalized spacial score (nSPS) is 14.6. The van der Waals surface area contributed by atoms with Crippen molar-refractivity contribution in [2.45, 2.75) is 6.42 Å². The monoisotopic (exact) mass is 347 g/mol. The van der Waals surface area contributed by atoms with Crippen molar-refractivity contribution >= 4 is 29.3 Å². The standard InChI is InChI=1S/C15H18ClN7O/c1-17-15-18-9-11(10-19-15)8-14(24)23-6-4-22(5-7-23)13-3-2-12(16)20-21-13/h2-3,9-10H,4-8H2,1H3,(H,17,18,19). The van der Waals surface area contributed by atoms with Crippen molar-refractivity contribution in [2.24, 2.45) is 0 Å².